The molecule has 24 heavy (non-hydrogen) atoms. The van der Waals surface area contributed by atoms with Gasteiger partial charge in [0.15, 0.2) is 0 Å². The highest BCUT2D eigenvalue weighted by Gasteiger charge is 2.18. The van der Waals surface area contributed by atoms with Crippen LogP contribution in [0.3, 0.4) is 0 Å². The van der Waals surface area contributed by atoms with Crippen LogP contribution in [0.25, 0.3) is 0 Å². The lowest BCUT2D eigenvalue weighted by molar-refractivity contribution is 0.598. The molecule has 0 saturated carbocycles. The molecule has 2 rings (SSSR count). The maximum atomic E-state index is 13.3. The van der Waals surface area contributed by atoms with Crippen molar-refractivity contribution in [2.75, 3.05) is 0 Å². The van der Waals surface area contributed by atoms with Crippen molar-refractivity contribution in [1.29, 1.82) is 0 Å². The lowest BCUT2D eigenvalue weighted by Gasteiger charge is -2.07. The number of rotatable bonds is 6. The standard InChI is InChI=1S/C18H21NO3S2/c1-3-4-8-15-23(20,17-9-6-5-7-10-17)19-24(21,22)18-13-11-16(2)12-14-18/h5-15H,3-4H2,1-2H3/b15-8+. The first-order chi connectivity index (χ1) is 11.4. The quantitative estimate of drug-likeness (QED) is 0.758. The van der Waals surface area contributed by atoms with Gasteiger partial charge < -0.3 is 0 Å². The fraction of sp³-hybridized carbons (Fsp3) is 0.222. The van der Waals surface area contributed by atoms with E-state index in [0.717, 1.165) is 12.0 Å². The molecule has 2 aromatic rings. The number of unbranched alkanes of at least 4 members (excludes halogenated alkanes) is 1. The predicted molar refractivity (Wildman–Crippen MR) is 97.7 cm³/mol. The summed E-state index contributed by atoms with van der Waals surface area (Å²) in [6, 6.07) is 14.8. The molecular weight excluding hydrogens is 342 g/mol. The summed E-state index contributed by atoms with van der Waals surface area (Å²) in [6.07, 6.45) is 3.32. The molecule has 0 aliphatic carbocycles. The molecule has 6 heteroatoms. The van der Waals surface area contributed by atoms with Crippen LogP contribution in [0.4, 0.5) is 0 Å². The second-order valence-corrected chi connectivity index (χ2v) is 9.30. The van der Waals surface area contributed by atoms with E-state index >= 15 is 0 Å². The molecular formula is C18H21NO3S2. The summed E-state index contributed by atoms with van der Waals surface area (Å²) in [5.74, 6) is 0. The van der Waals surface area contributed by atoms with Crippen LogP contribution in [-0.2, 0) is 19.8 Å². The predicted octanol–water partition coefficient (Wildman–Crippen LogP) is 4.52. The Bertz CT molecular complexity index is 922. The molecule has 0 N–H and O–H groups in total. The molecule has 0 heterocycles. The Morgan fingerprint density at radius 3 is 2.12 bits per heavy atom. The van der Waals surface area contributed by atoms with E-state index in [2.05, 4.69) is 3.77 Å². The molecule has 1 atom stereocenters. The first-order valence-corrected chi connectivity index (χ1v) is 10.7. The van der Waals surface area contributed by atoms with Gasteiger partial charge in [-0.15, -0.1) is 0 Å². The zero-order chi connectivity index (χ0) is 17.6. The molecule has 0 fully saturated rings. The molecule has 0 saturated heterocycles. The molecule has 2 aromatic carbocycles. The Labute approximate surface area is 144 Å². The van der Waals surface area contributed by atoms with Crippen molar-refractivity contribution in [2.24, 2.45) is 3.77 Å². The molecule has 0 amide bonds. The van der Waals surface area contributed by atoms with Crippen molar-refractivity contribution >= 4 is 19.8 Å². The van der Waals surface area contributed by atoms with E-state index < -0.39 is 19.8 Å². The van der Waals surface area contributed by atoms with Crippen LogP contribution < -0.4 is 0 Å². The average molecular weight is 364 g/mol. The van der Waals surface area contributed by atoms with Crippen LogP contribution in [0.1, 0.15) is 25.3 Å². The van der Waals surface area contributed by atoms with Gasteiger partial charge in [0.25, 0.3) is 10.0 Å². The lowest BCUT2D eigenvalue weighted by atomic mass is 10.2. The van der Waals surface area contributed by atoms with Crippen molar-refractivity contribution < 1.29 is 12.6 Å². The minimum absolute atomic E-state index is 0.0423. The van der Waals surface area contributed by atoms with Gasteiger partial charge in [-0.3, -0.25) is 0 Å². The first kappa shape index (κ1) is 18.4. The number of sulfonamides is 1. The zero-order valence-corrected chi connectivity index (χ0v) is 15.4. The van der Waals surface area contributed by atoms with Crippen molar-refractivity contribution in [3.63, 3.8) is 0 Å². The molecule has 1 unspecified atom stereocenters. The third-order valence-electron chi connectivity index (χ3n) is 3.34. The zero-order valence-electron chi connectivity index (χ0n) is 13.8. The van der Waals surface area contributed by atoms with Crippen molar-refractivity contribution in [2.45, 2.75) is 36.5 Å². The minimum atomic E-state index is -4.02. The van der Waals surface area contributed by atoms with Crippen LogP contribution in [0.15, 0.2) is 79.6 Å². The Balaban J connectivity index is 2.60. The normalized spacial score (nSPS) is 14.4. The van der Waals surface area contributed by atoms with E-state index in [1.54, 1.807) is 48.5 Å². The molecule has 0 spiro atoms. The Hall–Kier alpha value is -1.92. The molecule has 0 aliphatic rings. The van der Waals surface area contributed by atoms with Crippen LogP contribution in [0.2, 0.25) is 0 Å². The summed E-state index contributed by atoms with van der Waals surface area (Å²) < 4.78 is 42.3. The molecule has 4 nitrogen and oxygen atoms in total. The molecule has 128 valence electrons. The average Bonchev–Trinajstić information content (AvgIpc) is 2.56. The van der Waals surface area contributed by atoms with Crippen molar-refractivity contribution in [1.82, 2.24) is 0 Å². The summed E-state index contributed by atoms with van der Waals surface area (Å²) in [6.45, 7) is 3.86. The smallest absolute Gasteiger partial charge is 0.239 e. The SMILES string of the molecule is CCC/C=C/S(=O)(=NS(=O)(=O)c1ccc(C)cc1)c1ccccc1. The van der Waals surface area contributed by atoms with Gasteiger partial charge in [0.2, 0.25) is 0 Å². The van der Waals surface area contributed by atoms with Crippen LogP contribution in [0, 0.1) is 6.92 Å². The van der Waals surface area contributed by atoms with Gasteiger partial charge in [-0.2, -0.15) is 8.42 Å². The van der Waals surface area contributed by atoms with Gasteiger partial charge in [-0.25, -0.2) is 4.21 Å². The Kier molecular flexibility index (Phi) is 5.96. The monoisotopic (exact) mass is 363 g/mol. The third kappa shape index (κ3) is 4.55. The van der Waals surface area contributed by atoms with E-state index in [1.165, 1.54) is 17.5 Å². The Morgan fingerprint density at radius 2 is 1.54 bits per heavy atom. The summed E-state index contributed by atoms with van der Waals surface area (Å²) in [4.78, 5) is 0.425. The number of hydrogen-bond acceptors (Lipinski definition) is 3. The highest BCUT2D eigenvalue weighted by atomic mass is 32.3. The van der Waals surface area contributed by atoms with Gasteiger partial charge in [0, 0.05) is 5.41 Å². The molecule has 0 radical (unpaired) electrons. The van der Waals surface area contributed by atoms with Crippen molar-refractivity contribution in [3.8, 4) is 0 Å². The number of nitrogens with zero attached hydrogens (tertiary/aromatic N) is 1. The fourth-order valence-corrected chi connectivity index (χ4v) is 5.66. The molecule has 0 bridgehead atoms. The van der Waals surface area contributed by atoms with Crippen LogP contribution in [0.5, 0.6) is 0 Å². The second-order valence-electron chi connectivity index (χ2n) is 5.40. The summed E-state index contributed by atoms with van der Waals surface area (Å²) in [5, 5.41) is 1.41. The minimum Gasteiger partial charge on any atom is -0.239 e. The van der Waals surface area contributed by atoms with E-state index in [4.69, 9.17) is 0 Å². The number of allylic oxidation sites excluding steroid dienone is 1. The van der Waals surface area contributed by atoms with E-state index in [-0.39, 0.29) is 4.90 Å². The van der Waals surface area contributed by atoms with Gasteiger partial charge in [-0.1, -0.05) is 59.1 Å². The number of benzene rings is 2. The van der Waals surface area contributed by atoms with Gasteiger partial charge in [0.1, 0.15) is 9.73 Å². The van der Waals surface area contributed by atoms with Gasteiger partial charge >= 0.3 is 0 Å². The first-order valence-electron chi connectivity index (χ1n) is 7.69. The maximum Gasteiger partial charge on any atom is 0.290 e. The summed E-state index contributed by atoms with van der Waals surface area (Å²) in [5.41, 5.74) is 0.945. The van der Waals surface area contributed by atoms with E-state index in [9.17, 15) is 12.6 Å². The summed E-state index contributed by atoms with van der Waals surface area (Å²) in [7, 11) is -7.22. The highest BCUT2D eigenvalue weighted by Crippen LogP contribution is 2.21. The highest BCUT2D eigenvalue weighted by molar-refractivity contribution is 8.05. The Morgan fingerprint density at radius 1 is 0.917 bits per heavy atom. The summed E-state index contributed by atoms with van der Waals surface area (Å²) >= 11 is 0. The molecule has 0 aliphatic heterocycles. The van der Waals surface area contributed by atoms with Crippen molar-refractivity contribution in [3.05, 3.63) is 71.6 Å². The largest absolute Gasteiger partial charge is 0.290 e. The molecule has 0 aromatic heterocycles. The van der Waals surface area contributed by atoms with E-state index in [0.29, 0.717) is 11.3 Å². The van der Waals surface area contributed by atoms with Gasteiger partial charge in [0.05, 0.1) is 9.79 Å². The number of aryl methyl sites for hydroxylation is 1. The van der Waals surface area contributed by atoms with Gasteiger partial charge in [-0.05, 0) is 37.6 Å². The van der Waals surface area contributed by atoms with Crippen LogP contribution >= 0.6 is 0 Å². The van der Waals surface area contributed by atoms with Crippen LogP contribution in [-0.4, -0.2) is 12.6 Å². The lowest BCUT2D eigenvalue weighted by Crippen LogP contribution is -2.04. The number of hydrogen-bond donors (Lipinski definition) is 0. The topological polar surface area (TPSA) is 63.6 Å². The maximum absolute atomic E-state index is 13.3. The third-order valence-corrected chi connectivity index (χ3v) is 7.39. The second kappa shape index (κ2) is 7.77. The van der Waals surface area contributed by atoms with E-state index in [1.807, 2.05) is 13.8 Å². The fourth-order valence-electron chi connectivity index (χ4n) is 2.03.